The summed E-state index contributed by atoms with van der Waals surface area (Å²) in [5, 5.41) is 0. The zero-order valence-electron chi connectivity index (χ0n) is 8.73. The van der Waals surface area contributed by atoms with Gasteiger partial charge in [-0.3, -0.25) is 4.79 Å². The van der Waals surface area contributed by atoms with Crippen molar-refractivity contribution in [2.75, 3.05) is 20.6 Å². The Morgan fingerprint density at radius 2 is 2.12 bits per heavy atom. The maximum atomic E-state index is 11.6. The van der Waals surface area contributed by atoms with Crippen LogP contribution in [-0.2, 0) is 14.8 Å². The molecule has 0 aliphatic rings. The maximum Gasteiger partial charge on any atom is 0.250 e. The summed E-state index contributed by atoms with van der Waals surface area (Å²) in [6.45, 7) is -0.259. The van der Waals surface area contributed by atoms with Gasteiger partial charge in [0.15, 0.2) is 0 Å². The number of nitrogens with one attached hydrogen (secondary N) is 1. The summed E-state index contributed by atoms with van der Waals surface area (Å²) >= 11 is 6.58. The second-order valence-electron chi connectivity index (χ2n) is 3.17. The summed E-state index contributed by atoms with van der Waals surface area (Å²) in [7, 11) is -0.523. The van der Waals surface area contributed by atoms with Crippen LogP contribution in [-0.4, -0.2) is 39.9 Å². The third kappa shape index (κ3) is 3.44. The zero-order valence-corrected chi connectivity index (χ0v) is 11.1. The number of amides is 1. The van der Waals surface area contributed by atoms with Crippen LogP contribution in [0.1, 0.15) is 0 Å². The Balaban J connectivity index is 2.70. The van der Waals surface area contributed by atoms with Crippen LogP contribution in [0.3, 0.4) is 0 Å². The topological polar surface area (TPSA) is 66.5 Å². The summed E-state index contributed by atoms with van der Waals surface area (Å²) in [6, 6.07) is 2.89. The molecule has 0 unspecified atom stereocenters. The average Bonchev–Trinajstić information content (AvgIpc) is 2.61. The lowest BCUT2D eigenvalue weighted by molar-refractivity contribution is -0.127. The fourth-order valence-corrected chi connectivity index (χ4v) is 3.33. The minimum atomic E-state index is -3.63. The lowest BCUT2D eigenvalue weighted by Crippen LogP contribution is -2.35. The lowest BCUT2D eigenvalue weighted by atomic mass is 10.6. The third-order valence-corrected chi connectivity index (χ3v) is 4.85. The number of thiophene rings is 1. The van der Waals surface area contributed by atoms with E-state index >= 15 is 0 Å². The minimum Gasteiger partial charge on any atom is -0.348 e. The number of likely N-dealkylation sites (N-methyl/N-ethyl adjacent to an activating group) is 1. The molecule has 1 heterocycles. The molecule has 1 aromatic heterocycles. The van der Waals surface area contributed by atoms with Crippen LogP contribution < -0.4 is 4.72 Å². The van der Waals surface area contributed by atoms with E-state index in [4.69, 9.17) is 11.6 Å². The fourth-order valence-electron chi connectivity index (χ4n) is 0.828. The first-order chi connectivity index (χ1) is 7.33. The van der Waals surface area contributed by atoms with Gasteiger partial charge in [0.25, 0.3) is 10.0 Å². The van der Waals surface area contributed by atoms with Crippen LogP contribution in [0.25, 0.3) is 0 Å². The van der Waals surface area contributed by atoms with Crippen molar-refractivity contribution in [3.8, 4) is 0 Å². The van der Waals surface area contributed by atoms with Crippen molar-refractivity contribution in [3.05, 3.63) is 16.5 Å². The number of carbonyl (C=O) groups excluding carboxylic acids is 1. The zero-order chi connectivity index (χ0) is 12.3. The number of hydrogen-bond acceptors (Lipinski definition) is 4. The number of sulfonamides is 1. The van der Waals surface area contributed by atoms with Crippen LogP contribution in [0.15, 0.2) is 16.3 Å². The Labute approximate surface area is 103 Å². The summed E-state index contributed by atoms with van der Waals surface area (Å²) in [5.74, 6) is -0.314. The summed E-state index contributed by atoms with van der Waals surface area (Å²) in [6.07, 6.45) is 0. The first-order valence-electron chi connectivity index (χ1n) is 4.28. The number of nitrogens with zero attached hydrogens (tertiary/aromatic N) is 1. The molecule has 0 saturated carbocycles. The average molecular weight is 283 g/mol. The highest BCUT2D eigenvalue weighted by Gasteiger charge is 2.18. The molecule has 1 aromatic rings. The van der Waals surface area contributed by atoms with Crippen LogP contribution >= 0.6 is 22.9 Å². The normalized spacial score (nSPS) is 11.4. The van der Waals surface area contributed by atoms with Gasteiger partial charge in [-0.25, -0.2) is 13.1 Å². The molecule has 90 valence electrons. The molecule has 8 heteroatoms. The van der Waals surface area contributed by atoms with Crippen molar-refractivity contribution in [1.29, 1.82) is 0 Å². The molecule has 0 spiro atoms. The SMILES string of the molecule is CN(C)C(=O)CNS(=O)(=O)c1ccc(Cl)s1. The highest BCUT2D eigenvalue weighted by molar-refractivity contribution is 7.91. The van der Waals surface area contributed by atoms with E-state index in [1.54, 1.807) is 14.1 Å². The second-order valence-corrected chi connectivity index (χ2v) is 6.88. The smallest absolute Gasteiger partial charge is 0.250 e. The van der Waals surface area contributed by atoms with Gasteiger partial charge in [-0.05, 0) is 12.1 Å². The lowest BCUT2D eigenvalue weighted by Gasteiger charge is -2.10. The van der Waals surface area contributed by atoms with E-state index in [1.807, 2.05) is 0 Å². The van der Waals surface area contributed by atoms with E-state index in [1.165, 1.54) is 17.0 Å². The Morgan fingerprint density at radius 3 is 2.56 bits per heavy atom. The van der Waals surface area contributed by atoms with Gasteiger partial charge in [-0.1, -0.05) is 11.6 Å². The molecule has 0 saturated heterocycles. The number of carbonyl (C=O) groups is 1. The molecule has 0 atom stereocenters. The fraction of sp³-hybridized carbons (Fsp3) is 0.375. The molecule has 0 radical (unpaired) electrons. The van der Waals surface area contributed by atoms with Crippen molar-refractivity contribution in [1.82, 2.24) is 9.62 Å². The molecule has 1 amide bonds. The van der Waals surface area contributed by atoms with Gasteiger partial charge in [0.2, 0.25) is 5.91 Å². The van der Waals surface area contributed by atoms with E-state index in [0.717, 1.165) is 11.3 Å². The van der Waals surface area contributed by atoms with Gasteiger partial charge in [0, 0.05) is 14.1 Å². The maximum absolute atomic E-state index is 11.6. The largest absolute Gasteiger partial charge is 0.348 e. The minimum absolute atomic E-state index is 0.101. The summed E-state index contributed by atoms with van der Waals surface area (Å²) in [5.41, 5.74) is 0. The van der Waals surface area contributed by atoms with Gasteiger partial charge in [0.1, 0.15) is 4.21 Å². The van der Waals surface area contributed by atoms with Crippen molar-refractivity contribution in [2.45, 2.75) is 4.21 Å². The molecule has 0 aromatic carbocycles. The highest BCUT2D eigenvalue weighted by atomic mass is 35.5. The number of rotatable bonds is 4. The van der Waals surface area contributed by atoms with E-state index in [-0.39, 0.29) is 16.7 Å². The highest BCUT2D eigenvalue weighted by Crippen LogP contribution is 2.25. The standard InChI is InChI=1S/C8H11ClN2O3S2/c1-11(2)7(12)5-10-16(13,14)8-4-3-6(9)15-8/h3-4,10H,5H2,1-2H3. The first kappa shape index (κ1) is 13.4. The molecule has 0 aliphatic heterocycles. The Morgan fingerprint density at radius 1 is 1.50 bits per heavy atom. The van der Waals surface area contributed by atoms with Crippen LogP contribution in [0.2, 0.25) is 4.34 Å². The predicted molar refractivity (Wildman–Crippen MR) is 63.2 cm³/mol. The van der Waals surface area contributed by atoms with Gasteiger partial charge >= 0.3 is 0 Å². The molecular weight excluding hydrogens is 272 g/mol. The number of hydrogen-bond donors (Lipinski definition) is 1. The van der Waals surface area contributed by atoms with Crippen LogP contribution in [0.4, 0.5) is 0 Å². The second kappa shape index (κ2) is 5.13. The summed E-state index contributed by atoms with van der Waals surface area (Å²) < 4.78 is 26.0. The molecule has 1 rings (SSSR count). The van der Waals surface area contributed by atoms with E-state index in [2.05, 4.69) is 4.72 Å². The molecule has 5 nitrogen and oxygen atoms in total. The molecule has 0 aliphatic carbocycles. The van der Waals surface area contributed by atoms with E-state index in [9.17, 15) is 13.2 Å². The van der Waals surface area contributed by atoms with Gasteiger partial charge in [0.05, 0.1) is 10.9 Å². The van der Waals surface area contributed by atoms with Crippen LogP contribution in [0, 0.1) is 0 Å². The molecular formula is C8H11ClN2O3S2. The van der Waals surface area contributed by atoms with E-state index < -0.39 is 10.0 Å². The molecule has 16 heavy (non-hydrogen) atoms. The monoisotopic (exact) mass is 282 g/mol. The Bertz CT molecular complexity index is 481. The van der Waals surface area contributed by atoms with Crippen molar-refractivity contribution < 1.29 is 13.2 Å². The van der Waals surface area contributed by atoms with Crippen molar-refractivity contribution in [3.63, 3.8) is 0 Å². The third-order valence-electron chi connectivity index (χ3n) is 1.73. The van der Waals surface area contributed by atoms with E-state index in [0.29, 0.717) is 4.34 Å². The number of halogens is 1. The van der Waals surface area contributed by atoms with Gasteiger partial charge < -0.3 is 4.90 Å². The van der Waals surface area contributed by atoms with Gasteiger partial charge in [-0.2, -0.15) is 0 Å². The predicted octanol–water partition coefficient (Wildman–Crippen LogP) is 0.768. The first-order valence-corrected chi connectivity index (χ1v) is 6.96. The Kier molecular flexibility index (Phi) is 4.31. The van der Waals surface area contributed by atoms with Crippen LogP contribution in [0.5, 0.6) is 0 Å². The quantitative estimate of drug-likeness (QED) is 0.887. The summed E-state index contributed by atoms with van der Waals surface area (Å²) in [4.78, 5) is 12.5. The van der Waals surface area contributed by atoms with Crippen molar-refractivity contribution in [2.24, 2.45) is 0 Å². The van der Waals surface area contributed by atoms with Gasteiger partial charge in [-0.15, -0.1) is 11.3 Å². The molecule has 0 bridgehead atoms. The van der Waals surface area contributed by atoms with Crippen molar-refractivity contribution >= 4 is 38.9 Å². The molecule has 0 fully saturated rings. The Hall–Kier alpha value is -0.630. The molecule has 1 N–H and O–H groups in total.